The molecule has 0 fully saturated rings. The molecule has 5 aromatic rings. The Labute approximate surface area is 190 Å². The van der Waals surface area contributed by atoms with Gasteiger partial charge in [-0.1, -0.05) is 47.5 Å². The third kappa shape index (κ3) is 3.66. The third-order valence-electron chi connectivity index (χ3n) is 5.69. The fourth-order valence-electron chi connectivity index (χ4n) is 4.07. The fourth-order valence-corrected chi connectivity index (χ4v) is 4.41. The molecular weight excluding hydrogens is 425 g/mol. The summed E-state index contributed by atoms with van der Waals surface area (Å²) in [7, 11) is 0. The van der Waals surface area contributed by atoms with Crippen molar-refractivity contribution in [2.24, 2.45) is 5.73 Å². The lowest BCUT2D eigenvalue weighted by molar-refractivity contribution is 0.878. The van der Waals surface area contributed by atoms with Crippen molar-refractivity contribution in [2.45, 2.75) is 13.0 Å². The number of rotatable bonds is 3. The first-order chi connectivity index (χ1) is 15.0. The van der Waals surface area contributed by atoms with E-state index in [9.17, 15) is 0 Å². The van der Waals surface area contributed by atoms with E-state index in [1.807, 2.05) is 54.7 Å². The Morgan fingerprint density at radius 1 is 0.710 bits per heavy atom. The summed E-state index contributed by atoms with van der Waals surface area (Å²) in [5, 5.41) is 3.40. The maximum Gasteiger partial charge on any atom is 0.0723 e. The van der Waals surface area contributed by atoms with Crippen LogP contribution in [0.4, 0.5) is 0 Å². The Morgan fingerprint density at radius 2 is 1.35 bits per heavy atom. The number of aromatic nitrogens is 2. The Kier molecular flexibility index (Phi) is 5.11. The lowest BCUT2D eigenvalue weighted by atomic mass is 9.91. The van der Waals surface area contributed by atoms with E-state index in [1.165, 1.54) is 5.56 Å². The number of pyridine rings is 2. The number of aryl methyl sites for hydroxylation is 1. The number of hydrogen-bond acceptors (Lipinski definition) is 3. The van der Waals surface area contributed by atoms with Gasteiger partial charge in [-0.2, -0.15) is 0 Å². The minimum atomic E-state index is -0.298. The second kappa shape index (κ2) is 7.93. The molecule has 5 heteroatoms. The van der Waals surface area contributed by atoms with E-state index < -0.39 is 0 Å². The molecule has 0 aliphatic rings. The van der Waals surface area contributed by atoms with Crippen molar-refractivity contribution >= 4 is 45.0 Å². The number of nitrogens with two attached hydrogens (primary N) is 1. The van der Waals surface area contributed by atoms with Crippen LogP contribution in [-0.4, -0.2) is 9.97 Å². The number of hydrogen-bond donors (Lipinski definition) is 1. The monoisotopic (exact) mass is 443 g/mol. The highest BCUT2D eigenvalue weighted by Gasteiger charge is 2.16. The molecule has 0 spiro atoms. The van der Waals surface area contributed by atoms with E-state index >= 15 is 0 Å². The highest BCUT2D eigenvalue weighted by Crippen LogP contribution is 2.34. The van der Waals surface area contributed by atoms with E-state index in [-0.39, 0.29) is 6.04 Å². The van der Waals surface area contributed by atoms with Crippen LogP contribution in [-0.2, 0) is 0 Å². The first kappa shape index (κ1) is 20.0. The van der Waals surface area contributed by atoms with Gasteiger partial charge in [-0.05, 0) is 77.2 Å². The predicted molar refractivity (Wildman–Crippen MR) is 130 cm³/mol. The highest BCUT2D eigenvalue weighted by molar-refractivity contribution is 6.31. The minimum Gasteiger partial charge on any atom is -0.320 e. The van der Waals surface area contributed by atoms with Crippen LogP contribution in [0.5, 0.6) is 0 Å². The molecule has 0 aliphatic carbocycles. The molecule has 2 N–H and O–H groups in total. The molecule has 2 aromatic heterocycles. The molecule has 152 valence electrons. The Bertz CT molecular complexity index is 1450. The van der Waals surface area contributed by atoms with Gasteiger partial charge in [-0.15, -0.1) is 0 Å². The van der Waals surface area contributed by atoms with Crippen LogP contribution in [0.1, 0.15) is 22.7 Å². The van der Waals surface area contributed by atoms with E-state index in [2.05, 4.69) is 35.1 Å². The normalized spacial score (nSPS) is 12.4. The molecule has 0 radical (unpaired) electrons. The second-order valence-electron chi connectivity index (χ2n) is 7.63. The topological polar surface area (TPSA) is 51.8 Å². The van der Waals surface area contributed by atoms with Crippen molar-refractivity contribution in [3.05, 3.63) is 106 Å². The van der Waals surface area contributed by atoms with Crippen molar-refractivity contribution in [1.82, 2.24) is 9.97 Å². The lowest BCUT2D eigenvalue weighted by Crippen LogP contribution is -2.13. The molecule has 1 atom stereocenters. The molecule has 31 heavy (non-hydrogen) atoms. The summed E-state index contributed by atoms with van der Waals surface area (Å²) >= 11 is 12.3. The first-order valence-electron chi connectivity index (χ1n) is 9.96. The fraction of sp³-hybridized carbons (Fsp3) is 0.0769. The number of halogens is 2. The van der Waals surface area contributed by atoms with Gasteiger partial charge in [0.25, 0.3) is 0 Å². The molecule has 0 saturated heterocycles. The van der Waals surface area contributed by atoms with Crippen LogP contribution >= 0.6 is 23.2 Å². The molecule has 3 aromatic carbocycles. The van der Waals surface area contributed by atoms with Gasteiger partial charge in [-0.25, -0.2) is 0 Å². The molecule has 0 amide bonds. The Balaban J connectivity index is 1.65. The van der Waals surface area contributed by atoms with E-state index in [0.717, 1.165) is 44.1 Å². The molecule has 5 rings (SSSR count). The summed E-state index contributed by atoms with van der Waals surface area (Å²) in [6.45, 7) is 2.11. The van der Waals surface area contributed by atoms with E-state index in [4.69, 9.17) is 28.9 Å². The van der Waals surface area contributed by atoms with Crippen LogP contribution in [0.2, 0.25) is 10.0 Å². The number of nitrogens with zero attached hydrogens (tertiary/aromatic N) is 2. The maximum atomic E-state index is 6.76. The highest BCUT2D eigenvalue weighted by atomic mass is 35.5. The summed E-state index contributed by atoms with van der Waals surface area (Å²) in [4.78, 5) is 8.92. The average molecular weight is 444 g/mol. The van der Waals surface area contributed by atoms with Crippen LogP contribution in [0, 0.1) is 6.92 Å². The Morgan fingerprint density at radius 3 is 2.10 bits per heavy atom. The van der Waals surface area contributed by atoms with E-state index in [0.29, 0.717) is 10.0 Å². The quantitative estimate of drug-likeness (QED) is 0.323. The summed E-state index contributed by atoms with van der Waals surface area (Å²) < 4.78 is 0. The molecule has 2 heterocycles. The predicted octanol–water partition coefficient (Wildman–Crippen LogP) is 7.11. The van der Waals surface area contributed by atoms with Crippen LogP contribution < -0.4 is 5.73 Å². The molecule has 0 bridgehead atoms. The van der Waals surface area contributed by atoms with Crippen LogP contribution in [0.15, 0.2) is 79.1 Å². The van der Waals surface area contributed by atoms with Crippen molar-refractivity contribution in [2.75, 3.05) is 0 Å². The third-order valence-corrected chi connectivity index (χ3v) is 6.16. The largest absolute Gasteiger partial charge is 0.320 e. The smallest absolute Gasteiger partial charge is 0.0723 e. The number of fused-ring (bicyclic) bond motifs is 2. The summed E-state index contributed by atoms with van der Waals surface area (Å²) in [5.74, 6) is 0. The van der Waals surface area contributed by atoms with Crippen molar-refractivity contribution in [3.8, 4) is 11.1 Å². The average Bonchev–Trinajstić information content (AvgIpc) is 2.78. The van der Waals surface area contributed by atoms with Crippen molar-refractivity contribution in [3.63, 3.8) is 0 Å². The maximum absolute atomic E-state index is 6.76. The van der Waals surface area contributed by atoms with Gasteiger partial charge >= 0.3 is 0 Å². The standard InChI is InChI=1S/C26H19Cl2N3/c1-15-2-3-16(26(29)22-9-11-31-25-14-18(28)5-7-21(22)25)12-23(15)19-8-10-30-24-13-17(27)4-6-20(19)24/h2-14,26H,29H2,1H3. The zero-order valence-electron chi connectivity index (χ0n) is 16.8. The van der Waals surface area contributed by atoms with E-state index in [1.54, 1.807) is 6.20 Å². The first-order valence-corrected chi connectivity index (χ1v) is 10.7. The van der Waals surface area contributed by atoms with Gasteiger partial charge in [0, 0.05) is 33.2 Å². The number of benzene rings is 3. The summed E-state index contributed by atoms with van der Waals surface area (Å²) in [6, 6.07) is 21.6. The zero-order valence-corrected chi connectivity index (χ0v) is 18.3. The minimum absolute atomic E-state index is 0.298. The molecule has 0 aliphatic heterocycles. The van der Waals surface area contributed by atoms with Crippen LogP contribution in [0.25, 0.3) is 32.9 Å². The molecular formula is C26H19Cl2N3. The van der Waals surface area contributed by atoms with Gasteiger partial charge in [-0.3, -0.25) is 9.97 Å². The van der Waals surface area contributed by atoms with Crippen molar-refractivity contribution in [1.29, 1.82) is 0 Å². The Hall–Kier alpha value is -2.98. The van der Waals surface area contributed by atoms with Gasteiger partial charge in [0.2, 0.25) is 0 Å². The van der Waals surface area contributed by atoms with Crippen LogP contribution in [0.3, 0.4) is 0 Å². The van der Waals surface area contributed by atoms with Crippen molar-refractivity contribution < 1.29 is 0 Å². The van der Waals surface area contributed by atoms with Gasteiger partial charge in [0.15, 0.2) is 0 Å². The molecule has 0 saturated carbocycles. The summed E-state index contributed by atoms with van der Waals surface area (Å²) in [6.07, 6.45) is 3.60. The van der Waals surface area contributed by atoms with Gasteiger partial charge in [0.05, 0.1) is 17.1 Å². The lowest BCUT2D eigenvalue weighted by Gasteiger charge is -2.18. The molecule has 1 unspecified atom stereocenters. The second-order valence-corrected chi connectivity index (χ2v) is 8.51. The molecule has 3 nitrogen and oxygen atoms in total. The van der Waals surface area contributed by atoms with Gasteiger partial charge in [0.1, 0.15) is 0 Å². The SMILES string of the molecule is Cc1ccc(C(N)c2ccnc3cc(Cl)ccc23)cc1-c1ccnc2cc(Cl)ccc12. The van der Waals surface area contributed by atoms with Gasteiger partial charge < -0.3 is 5.73 Å². The zero-order chi connectivity index (χ0) is 21.5. The summed E-state index contributed by atoms with van der Waals surface area (Å²) in [5.41, 5.74) is 13.9.